The molecular weight excluding hydrogens is 448 g/mol. The highest BCUT2D eigenvalue weighted by molar-refractivity contribution is 7.99. The number of amides is 1. The van der Waals surface area contributed by atoms with Gasteiger partial charge in [-0.2, -0.15) is 0 Å². The summed E-state index contributed by atoms with van der Waals surface area (Å²) in [4.78, 5) is 21.9. The van der Waals surface area contributed by atoms with E-state index in [2.05, 4.69) is 33.0 Å². The second-order valence-electron chi connectivity index (χ2n) is 8.66. The van der Waals surface area contributed by atoms with Crippen LogP contribution in [0.25, 0.3) is 10.9 Å². The number of piperazine rings is 1. The summed E-state index contributed by atoms with van der Waals surface area (Å²) in [7, 11) is 0. The van der Waals surface area contributed by atoms with E-state index in [4.69, 9.17) is 15.2 Å². The Kier molecular flexibility index (Phi) is 7.06. The molecule has 1 aromatic heterocycles. The van der Waals surface area contributed by atoms with Crippen molar-refractivity contribution < 1.29 is 14.3 Å². The van der Waals surface area contributed by atoms with Crippen LogP contribution in [0.2, 0.25) is 0 Å². The molecule has 3 aromatic rings. The van der Waals surface area contributed by atoms with Gasteiger partial charge in [0, 0.05) is 60.0 Å². The van der Waals surface area contributed by atoms with E-state index in [1.54, 1.807) is 11.6 Å². The van der Waals surface area contributed by atoms with E-state index < -0.39 is 6.09 Å². The third-order valence-electron chi connectivity index (χ3n) is 6.41. The van der Waals surface area contributed by atoms with Gasteiger partial charge in [-0.1, -0.05) is 6.07 Å². The van der Waals surface area contributed by atoms with Crippen LogP contribution in [-0.4, -0.2) is 61.1 Å². The Bertz CT molecular complexity index is 1160. The van der Waals surface area contributed by atoms with Crippen molar-refractivity contribution in [3.8, 4) is 11.6 Å². The molecule has 0 radical (unpaired) electrons. The predicted octanol–water partition coefficient (Wildman–Crippen LogP) is 4.32. The topological polar surface area (TPSA) is 80.9 Å². The summed E-state index contributed by atoms with van der Waals surface area (Å²) in [5.74, 6) is 2.17. The first kappa shape index (κ1) is 22.8. The average molecular weight is 479 g/mol. The number of carbonyl (C=O) groups is 1. The van der Waals surface area contributed by atoms with Crippen molar-refractivity contribution in [2.75, 3.05) is 50.0 Å². The zero-order chi connectivity index (χ0) is 23.3. The molecule has 7 nitrogen and oxygen atoms in total. The van der Waals surface area contributed by atoms with Gasteiger partial charge >= 0.3 is 6.09 Å². The number of nitrogens with two attached hydrogens (primary N) is 1. The van der Waals surface area contributed by atoms with Crippen LogP contribution in [0.1, 0.15) is 18.4 Å². The molecule has 2 aliphatic rings. The van der Waals surface area contributed by atoms with Crippen molar-refractivity contribution >= 4 is 34.4 Å². The highest BCUT2D eigenvalue weighted by Gasteiger charge is 2.22. The summed E-state index contributed by atoms with van der Waals surface area (Å²) in [6.45, 7) is 6.20. The van der Waals surface area contributed by atoms with Gasteiger partial charge in [-0.25, -0.2) is 9.78 Å². The van der Waals surface area contributed by atoms with Gasteiger partial charge in [-0.05, 0) is 61.7 Å². The molecule has 2 N–H and O–H groups in total. The van der Waals surface area contributed by atoms with Gasteiger partial charge < -0.3 is 20.1 Å². The summed E-state index contributed by atoms with van der Waals surface area (Å²) in [6.07, 6.45) is 2.44. The zero-order valence-corrected chi connectivity index (χ0v) is 20.1. The van der Waals surface area contributed by atoms with Gasteiger partial charge in [0.15, 0.2) is 0 Å². The SMILES string of the molecule is NC(=O)Oc1ccc2ccc(OCCCCN3CCN(c4cccc5c4CCS5)CC3)cc2n1. The van der Waals surface area contributed by atoms with E-state index in [0.29, 0.717) is 12.1 Å². The molecule has 0 atom stereocenters. The molecule has 34 heavy (non-hydrogen) atoms. The van der Waals surface area contributed by atoms with Gasteiger partial charge in [0.1, 0.15) is 5.75 Å². The van der Waals surface area contributed by atoms with Crippen LogP contribution in [0.4, 0.5) is 10.5 Å². The summed E-state index contributed by atoms with van der Waals surface area (Å²) in [5.41, 5.74) is 8.78. The molecule has 178 valence electrons. The summed E-state index contributed by atoms with van der Waals surface area (Å²) in [6, 6.07) is 16.0. The van der Waals surface area contributed by atoms with Gasteiger partial charge in [-0.3, -0.25) is 4.90 Å². The number of benzene rings is 2. The number of hydrogen-bond acceptors (Lipinski definition) is 7. The fourth-order valence-corrected chi connectivity index (χ4v) is 5.75. The highest BCUT2D eigenvalue weighted by Crippen LogP contribution is 2.37. The number of anilines is 1. The van der Waals surface area contributed by atoms with E-state index in [9.17, 15) is 4.79 Å². The molecule has 1 fully saturated rings. The molecule has 2 aromatic carbocycles. The fourth-order valence-electron chi connectivity index (χ4n) is 4.67. The summed E-state index contributed by atoms with van der Waals surface area (Å²) < 4.78 is 10.8. The molecule has 1 saturated heterocycles. The maximum atomic E-state index is 10.9. The van der Waals surface area contributed by atoms with Crippen LogP contribution in [0.3, 0.4) is 0 Å². The number of pyridine rings is 1. The Morgan fingerprint density at radius 1 is 1.06 bits per heavy atom. The molecule has 3 heterocycles. The number of primary amides is 1. The second kappa shape index (κ2) is 10.5. The molecule has 0 unspecified atom stereocenters. The van der Waals surface area contributed by atoms with Crippen molar-refractivity contribution in [3.63, 3.8) is 0 Å². The van der Waals surface area contributed by atoms with Crippen LogP contribution in [0, 0.1) is 0 Å². The molecular formula is C26H30N4O3S. The predicted molar refractivity (Wildman–Crippen MR) is 136 cm³/mol. The minimum atomic E-state index is -0.872. The number of rotatable bonds is 8. The fraction of sp³-hybridized carbons (Fsp3) is 0.385. The number of thioether (sulfide) groups is 1. The van der Waals surface area contributed by atoms with Gasteiger partial charge in [0.25, 0.3) is 0 Å². The number of aromatic nitrogens is 1. The third-order valence-corrected chi connectivity index (χ3v) is 7.51. The molecule has 0 spiro atoms. The van der Waals surface area contributed by atoms with E-state index in [1.165, 1.54) is 22.8 Å². The number of hydrogen-bond donors (Lipinski definition) is 1. The maximum Gasteiger partial charge on any atom is 0.411 e. The standard InChI is InChI=1S/C26H30N4O3S/c27-26(31)33-25-9-7-19-6-8-20(18-22(19)28-25)32-16-2-1-11-29-12-14-30(15-13-29)23-4-3-5-24-21(23)10-17-34-24/h3-9,18H,1-2,10-17H2,(H2,27,31). The van der Waals surface area contributed by atoms with Gasteiger partial charge in [0.05, 0.1) is 12.1 Å². The second-order valence-corrected chi connectivity index (χ2v) is 9.80. The van der Waals surface area contributed by atoms with E-state index in [-0.39, 0.29) is 5.88 Å². The number of fused-ring (bicyclic) bond motifs is 2. The van der Waals surface area contributed by atoms with E-state index >= 15 is 0 Å². The first-order chi connectivity index (χ1) is 16.7. The molecule has 8 heteroatoms. The third kappa shape index (κ3) is 5.39. The Balaban J connectivity index is 1.04. The van der Waals surface area contributed by atoms with Crippen LogP contribution < -0.4 is 20.1 Å². The van der Waals surface area contributed by atoms with Crippen molar-refractivity contribution in [1.29, 1.82) is 0 Å². The molecule has 0 aliphatic carbocycles. The Hall–Kier alpha value is -2.97. The summed E-state index contributed by atoms with van der Waals surface area (Å²) >= 11 is 1.99. The lowest BCUT2D eigenvalue weighted by Gasteiger charge is -2.37. The van der Waals surface area contributed by atoms with Crippen LogP contribution in [-0.2, 0) is 6.42 Å². The quantitative estimate of drug-likeness (QED) is 0.483. The number of carbonyl (C=O) groups excluding carboxylic acids is 1. The van der Waals surface area contributed by atoms with Crippen molar-refractivity contribution in [2.45, 2.75) is 24.2 Å². The monoisotopic (exact) mass is 478 g/mol. The average Bonchev–Trinajstić information content (AvgIpc) is 3.33. The minimum Gasteiger partial charge on any atom is -0.494 e. The van der Waals surface area contributed by atoms with Crippen LogP contribution >= 0.6 is 11.8 Å². The zero-order valence-electron chi connectivity index (χ0n) is 19.2. The van der Waals surface area contributed by atoms with E-state index in [0.717, 1.165) is 56.7 Å². The van der Waals surface area contributed by atoms with Crippen molar-refractivity contribution in [3.05, 3.63) is 54.1 Å². The normalized spacial score (nSPS) is 15.9. The minimum absolute atomic E-state index is 0.188. The van der Waals surface area contributed by atoms with Crippen LogP contribution in [0.15, 0.2) is 53.4 Å². The number of ether oxygens (including phenoxy) is 2. The van der Waals surface area contributed by atoms with Gasteiger partial charge in [-0.15, -0.1) is 11.8 Å². The van der Waals surface area contributed by atoms with Gasteiger partial charge in [0.2, 0.25) is 5.88 Å². The lowest BCUT2D eigenvalue weighted by molar-refractivity contribution is 0.209. The smallest absolute Gasteiger partial charge is 0.411 e. The first-order valence-corrected chi connectivity index (χ1v) is 12.9. The number of nitrogens with zero attached hydrogens (tertiary/aromatic N) is 3. The van der Waals surface area contributed by atoms with Crippen molar-refractivity contribution in [2.24, 2.45) is 5.73 Å². The largest absolute Gasteiger partial charge is 0.494 e. The molecule has 5 rings (SSSR count). The maximum absolute atomic E-state index is 10.9. The lowest BCUT2D eigenvalue weighted by Crippen LogP contribution is -2.47. The molecule has 1 amide bonds. The lowest BCUT2D eigenvalue weighted by atomic mass is 10.1. The summed E-state index contributed by atoms with van der Waals surface area (Å²) in [5, 5.41) is 0.947. The molecule has 0 bridgehead atoms. The van der Waals surface area contributed by atoms with Crippen LogP contribution in [0.5, 0.6) is 11.6 Å². The Labute approximate surface area is 204 Å². The van der Waals surface area contributed by atoms with E-state index in [1.807, 2.05) is 36.0 Å². The Morgan fingerprint density at radius 2 is 1.91 bits per heavy atom. The number of unbranched alkanes of at least 4 members (excludes halogenated alkanes) is 1. The first-order valence-electron chi connectivity index (χ1n) is 11.9. The van der Waals surface area contributed by atoms with Crippen molar-refractivity contribution in [1.82, 2.24) is 9.88 Å². The molecule has 2 aliphatic heterocycles. The Morgan fingerprint density at radius 3 is 2.76 bits per heavy atom. The molecule has 0 saturated carbocycles. The highest BCUT2D eigenvalue weighted by atomic mass is 32.2.